The van der Waals surface area contributed by atoms with Gasteiger partial charge >= 0.3 is 0 Å². The fourth-order valence-electron chi connectivity index (χ4n) is 2.17. The van der Waals surface area contributed by atoms with E-state index >= 15 is 0 Å². The Morgan fingerprint density at radius 2 is 2.24 bits per heavy atom. The van der Waals surface area contributed by atoms with E-state index in [2.05, 4.69) is 26.1 Å². The average molecular weight is 258 g/mol. The number of thioether (sulfide) groups is 1. The normalized spacial score (nSPS) is 22.5. The highest BCUT2D eigenvalue weighted by Gasteiger charge is 2.19. The average Bonchev–Trinajstić information content (AvgIpc) is 2.63. The van der Waals surface area contributed by atoms with Crippen LogP contribution in [0.2, 0.25) is 0 Å². The molecule has 0 radical (unpaired) electrons. The van der Waals surface area contributed by atoms with E-state index in [1.807, 2.05) is 11.8 Å². The van der Waals surface area contributed by atoms with E-state index in [9.17, 15) is 4.79 Å². The van der Waals surface area contributed by atoms with Crippen molar-refractivity contribution in [2.45, 2.75) is 46.1 Å². The van der Waals surface area contributed by atoms with E-state index < -0.39 is 0 Å². The molecular formula is C13H26N2OS. The van der Waals surface area contributed by atoms with Gasteiger partial charge in [-0.1, -0.05) is 20.8 Å². The van der Waals surface area contributed by atoms with Gasteiger partial charge in [-0.15, -0.1) is 0 Å². The maximum Gasteiger partial charge on any atom is 0.221 e. The second-order valence-corrected chi connectivity index (χ2v) is 7.41. The van der Waals surface area contributed by atoms with Crippen molar-refractivity contribution < 1.29 is 4.79 Å². The van der Waals surface area contributed by atoms with Gasteiger partial charge in [-0.2, -0.15) is 11.8 Å². The third-order valence-corrected chi connectivity index (χ3v) is 4.17. The van der Waals surface area contributed by atoms with Gasteiger partial charge in [0.05, 0.1) is 0 Å². The first-order valence-corrected chi connectivity index (χ1v) is 7.62. The van der Waals surface area contributed by atoms with Gasteiger partial charge in [-0.25, -0.2) is 0 Å². The molecule has 17 heavy (non-hydrogen) atoms. The van der Waals surface area contributed by atoms with Crippen molar-refractivity contribution in [3.05, 3.63) is 0 Å². The molecular weight excluding hydrogens is 232 g/mol. The quantitative estimate of drug-likeness (QED) is 0.793. The summed E-state index contributed by atoms with van der Waals surface area (Å²) in [4.78, 5) is 11.7. The topological polar surface area (TPSA) is 55.1 Å². The Bertz CT molecular complexity index is 244. The highest BCUT2D eigenvalue weighted by atomic mass is 32.2. The first-order chi connectivity index (χ1) is 7.87. The number of nitrogens with two attached hydrogens (primary N) is 1. The molecule has 0 bridgehead atoms. The standard InChI is InChI=1S/C13H26N2OS/c1-13(2,3)7-11(14)6-12(16)15-8-10-4-5-17-9-10/h10-11H,4-9,14H2,1-3H3,(H,15,16). The largest absolute Gasteiger partial charge is 0.356 e. The number of carbonyl (C=O) groups excluding carboxylic acids is 1. The molecule has 3 N–H and O–H groups in total. The van der Waals surface area contributed by atoms with Gasteiger partial charge in [0.15, 0.2) is 0 Å². The van der Waals surface area contributed by atoms with E-state index in [-0.39, 0.29) is 17.4 Å². The highest BCUT2D eigenvalue weighted by Crippen LogP contribution is 2.23. The van der Waals surface area contributed by atoms with E-state index in [4.69, 9.17) is 5.73 Å². The number of hydrogen-bond donors (Lipinski definition) is 2. The lowest BCUT2D eigenvalue weighted by Crippen LogP contribution is -2.36. The van der Waals surface area contributed by atoms with Crippen molar-refractivity contribution in [3.63, 3.8) is 0 Å². The van der Waals surface area contributed by atoms with Gasteiger partial charge in [0, 0.05) is 19.0 Å². The molecule has 1 amide bonds. The number of nitrogens with one attached hydrogen (secondary N) is 1. The molecule has 100 valence electrons. The Kier molecular flexibility index (Phi) is 5.80. The van der Waals surface area contributed by atoms with Crippen molar-refractivity contribution >= 4 is 17.7 Å². The van der Waals surface area contributed by atoms with Crippen LogP contribution in [0, 0.1) is 11.3 Å². The Labute approximate surface area is 109 Å². The van der Waals surface area contributed by atoms with E-state index in [0.717, 1.165) is 13.0 Å². The SMILES string of the molecule is CC(C)(C)CC(N)CC(=O)NCC1CCSC1. The minimum atomic E-state index is -0.0204. The zero-order valence-electron chi connectivity index (χ0n) is 11.3. The third kappa shape index (κ3) is 6.94. The molecule has 0 aromatic carbocycles. The summed E-state index contributed by atoms with van der Waals surface area (Å²) in [7, 11) is 0. The summed E-state index contributed by atoms with van der Waals surface area (Å²) in [6.45, 7) is 7.29. The molecule has 1 fully saturated rings. The van der Waals surface area contributed by atoms with E-state index in [1.54, 1.807) is 0 Å². The minimum Gasteiger partial charge on any atom is -0.356 e. The first-order valence-electron chi connectivity index (χ1n) is 6.47. The van der Waals surface area contributed by atoms with Gasteiger partial charge in [0.1, 0.15) is 0 Å². The van der Waals surface area contributed by atoms with Crippen molar-refractivity contribution in [3.8, 4) is 0 Å². The predicted molar refractivity (Wildman–Crippen MR) is 75.1 cm³/mol. The van der Waals surface area contributed by atoms with Crippen molar-refractivity contribution in [1.29, 1.82) is 0 Å². The molecule has 0 spiro atoms. The summed E-state index contributed by atoms with van der Waals surface area (Å²) in [6, 6.07) is -0.0204. The summed E-state index contributed by atoms with van der Waals surface area (Å²) < 4.78 is 0. The van der Waals surface area contributed by atoms with Crippen LogP contribution in [-0.4, -0.2) is 30.0 Å². The van der Waals surface area contributed by atoms with E-state index in [1.165, 1.54) is 17.9 Å². The highest BCUT2D eigenvalue weighted by molar-refractivity contribution is 7.99. The maximum atomic E-state index is 11.7. The predicted octanol–water partition coefficient (Wildman–Crippen LogP) is 2.01. The lowest BCUT2D eigenvalue weighted by Gasteiger charge is -2.22. The third-order valence-electron chi connectivity index (χ3n) is 2.93. The zero-order valence-corrected chi connectivity index (χ0v) is 12.1. The van der Waals surface area contributed by atoms with Crippen LogP contribution >= 0.6 is 11.8 Å². The number of rotatable bonds is 5. The molecule has 1 saturated heterocycles. The smallest absolute Gasteiger partial charge is 0.221 e. The molecule has 3 nitrogen and oxygen atoms in total. The second kappa shape index (κ2) is 6.64. The summed E-state index contributed by atoms with van der Waals surface area (Å²) in [5.41, 5.74) is 6.18. The maximum absolute atomic E-state index is 11.7. The fraction of sp³-hybridized carbons (Fsp3) is 0.923. The lowest BCUT2D eigenvalue weighted by molar-refractivity contribution is -0.121. The molecule has 0 aromatic rings. The molecule has 1 aliphatic rings. The monoisotopic (exact) mass is 258 g/mol. The van der Waals surface area contributed by atoms with Gasteiger partial charge in [0.2, 0.25) is 5.91 Å². The van der Waals surface area contributed by atoms with Crippen LogP contribution in [0.1, 0.15) is 40.0 Å². The van der Waals surface area contributed by atoms with Gasteiger partial charge in [-0.05, 0) is 35.7 Å². The Morgan fingerprint density at radius 3 is 2.76 bits per heavy atom. The van der Waals surface area contributed by atoms with Crippen LogP contribution in [0.4, 0.5) is 0 Å². The molecule has 1 aliphatic heterocycles. The van der Waals surface area contributed by atoms with Gasteiger partial charge in [-0.3, -0.25) is 4.79 Å². The van der Waals surface area contributed by atoms with Crippen molar-refractivity contribution in [2.24, 2.45) is 17.1 Å². The minimum absolute atomic E-state index is 0.0204. The van der Waals surface area contributed by atoms with Crippen LogP contribution in [0.5, 0.6) is 0 Å². The molecule has 0 aliphatic carbocycles. The molecule has 1 rings (SSSR count). The summed E-state index contributed by atoms with van der Waals surface area (Å²) in [6.07, 6.45) is 2.58. The molecule has 0 aromatic heterocycles. The van der Waals surface area contributed by atoms with Crippen LogP contribution in [-0.2, 0) is 4.79 Å². The molecule has 2 atom stereocenters. The molecule has 0 saturated carbocycles. The molecule has 1 heterocycles. The Morgan fingerprint density at radius 1 is 1.53 bits per heavy atom. The van der Waals surface area contributed by atoms with Crippen LogP contribution < -0.4 is 11.1 Å². The molecule has 2 unspecified atom stereocenters. The van der Waals surface area contributed by atoms with Gasteiger partial charge < -0.3 is 11.1 Å². The Balaban J connectivity index is 2.15. The number of hydrogen-bond acceptors (Lipinski definition) is 3. The lowest BCUT2D eigenvalue weighted by atomic mass is 9.87. The molecule has 4 heteroatoms. The van der Waals surface area contributed by atoms with Crippen molar-refractivity contribution in [2.75, 3.05) is 18.1 Å². The zero-order chi connectivity index (χ0) is 12.9. The van der Waals surface area contributed by atoms with Crippen LogP contribution in [0.25, 0.3) is 0 Å². The van der Waals surface area contributed by atoms with E-state index in [0.29, 0.717) is 12.3 Å². The van der Waals surface area contributed by atoms with Crippen LogP contribution in [0.3, 0.4) is 0 Å². The number of carbonyl (C=O) groups is 1. The van der Waals surface area contributed by atoms with Gasteiger partial charge in [0.25, 0.3) is 0 Å². The first kappa shape index (κ1) is 14.8. The number of amides is 1. The fourth-order valence-corrected chi connectivity index (χ4v) is 3.46. The summed E-state index contributed by atoms with van der Waals surface area (Å²) in [5.74, 6) is 3.21. The summed E-state index contributed by atoms with van der Waals surface area (Å²) >= 11 is 1.98. The van der Waals surface area contributed by atoms with Crippen LogP contribution in [0.15, 0.2) is 0 Å². The Hall–Kier alpha value is -0.220. The van der Waals surface area contributed by atoms with Crippen molar-refractivity contribution in [1.82, 2.24) is 5.32 Å². The summed E-state index contributed by atoms with van der Waals surface area (Å²) in [5, 5.41) is 3.01. The second-order valence-electron chi connectivity index (χ2n) is 6.26.